The summed E-state index contributed by atoms with van der Waals surface area (Å²) in [5, 5.41) is 0.175. The van der Waals surface area contributed by atoms with Crippen molar-refractivity contribution in [2.75, 3.05) is 5.73 Å². The average Bonchev–Trinajstić information content (AvgIpc) is 2.33. The molecule has 1 aromatic rings. The number of anilines is 1. The summed E-state index contributed by atoms with van der Waals surface area (Å²) in [5.74, 6) is 0.256. The Morgan fingerprint density at radius 2 is 1.94 bits per heavy atom. The molecule has 1 aliphatic rings. The Morgan fingerprint density at radius 3 is 2.53 bits per heavy atom. The summed E-state index contributed by atoms with van der Waals surface area (Å²) >= 11 is 0. The first-order valence-electron chi connectivity index (χ1n) is 6.03. The number of halogens is 1. The van der Waals surface area contributed by atoms with Gasteiger partial charge in [-0.15, -0.1) is 0 Å². The standard InChI is InChI=1S/C13H18FNOS/c1-9-2-4-10(5-3-9)17(16)11-6-7-13(15)12(14)8-11/h6-10H,2-5,15H2,1H3. The van der Waals surface area contributed by atoms with E-state index in [-0.39, 0.29) is 10.9 Å². The summed E-state index contributed by atoms with van der Waals surface area (Å²) in [7, 11) is -1.10. The molecule has 1 fully saturated rings. The number of hydrogen-bond donors (Lipinski definition) is 1. The van der Waals surface area contributed by atoms with Crippen molar-refractivity contribution in [1.29, 1.82) is 0 Å². The Morgan fingerprint density at radius 1 is 1.29 bits per heavy atom. The number of nitrogens with two attached hydrogens (primary N) is 1. The van der Waals surface area contributed by atoms with Crippen LogP contribution in [0.3, 0.4) is 0 Å². The monoisotopic (exact) mass is 255 g/mol. The van der Waals surface area contributed by atoms with Crippen molar-refractivity contribution < 1.29 is 8.60 Å². The van der Waals surface area contributed by atoms with E-state index in [2.05, 4.69) is 6.92 Å². The van der Waals surface area contributed by atoms with Crippen molar-refractivity contribution in [2.45, 2.75) is 42.8 Å². The topological polar surface area (TPSA) is 43.1 Å². The Kier molecular flexibility index (Phi) is 3.82. The highest BCUT2D eigenvalue weighted by molar-refractivity contribution is 7.85. The van der Waals surface area contributed by atoms with E-state index in [4.69, 9.17) is 5.73 Å². The zero-order valence-electron chi connectivity index (χ0n) is 9.99. The lowest BCUT2D eigenvalue weighted by atomic mass is 9.91. The van der Waals surface area contributed by atoms with Crippen LogP contribution in [-0.4, -0.2) is 9.46 Å². The fourth-order valence-corrected chi connectivity index (χ4v) is 3.78. The van der Waals surface area contributed by atoms with Crippen LogP contribution in [0.1, 0.15) is 32.6 Å². The number of hydrogen-bond acceptors (Lipinski definition) is 2. The molecule has 0 saturated heterocycles. The Labute approximate surface area is 104 Å². The molecule has 1 aliphatic carbocycles. The molecule has 0 heterocycles. The van der Waals surface area contributed by atoms with E-state index in [1.54, 1.807) is 6.07 Å². The predicted molar refractivity (Wildman–Crippen MR) is 68.6 cm³/mol. The van der Waals surface area contributed by atoms with E-state index in [0.29, 0.717) is 4.90 Å². The first kappa shape index (κ1) is 12.6. The summed E-state index contributed by atoms with van der Waals surface area (Å²) in [6.07, 6.45) is 4.18. The highest BCUT2D eigenvalue weighted by Crippen LogP contribution is 2.29. The molecule has 0 aromatic heterocycles. The molecule has 94 valence electrons. The van der Waals surface area contributed by atoms with E-state index in [9.17, 15) is 8.60 Å². The van der Waals surface area contributed by atoms with Crippen LogP contribution in [0.4, 0.5) is 10.1 Å². The maximum Gasteiger partial charge on any atom is 0.147 e. The molecule has 4 heteroatoms. The molecule has 1 atom stereocenters. The second-order valence-corrected chi connectivity index (χ2v) is 6.60. The summed E-state index contributed by atoms with van der Waals surface area (Å²) in [6, 6.07) is 4.48. The van der Waals surface area contributed by atoms with Gasteiger partial charge in [0.05, 0.1) is 16.5 Å². The molecule has 17 heavy (non-hydrogen) atoms. The summed E-state index contributed by atoms with van der Waals surface area (Å²) in [4.78, 5) is 0.566. The molecule has 0 bridgehead atoms. The number of nitrogen functional groups attached to an aromatic ring is 1. The van der Waals surface area contributed by atoms with Gasteiger partial charge in [-0.05, 0) is 49.8 Å². The molecule has 0 aliphatic heterocycles. The highest BCUT2D eigenvalue weighted by Gasteiger charge is 2.24. The van der Waals surface area contributed by atoms with E-state index in [0.717, 1.165) is 31.6 Å². The Balaban J connectivity index is 2.11. The largest absolute Gasteiger partial charge is 0.396 e. The van der Waals surface area contributed by atoms with Crippen LogP contribution in [0, 0.1) is 11.7 Å². The normalized spacial score (nSPS) is 26.7. The van der Waals surface area contributed by atoms with Gasteiger partial charge in [-0.1, -0.05) is 6.92 Å². The van der Waals surface area contributed by atoms with Gasteiger partial charge < -0.3 is 5.73 Å². The van der Waals surface area contributed by atoms with E-state index >= 15 is 0 Å². The van der Waals surface area contributed by atoms with E-state index in [1.165, 1.54) is 12.1 Å². The molecule has 1 unspecified atom stereocenters. The molecule has 2 N–H and O–H groups in total. The van der Waals surface area contributed by atoms with Crippen LogP contribution in [0.25, 0.3) is 0 Å². The summed E-state index contributed by atoms with van der Waals surface area (Å²) < 4.78 is 25.6. The van der Waals surface area contributed by atoms with Crippen molar-refractivity contribution in [3.8, 4) is 0 Å². The van der Waals surface area contributed by atoms with Crippen LogP contribution in [0.2, 0.25) is 0 Å². The second kappa shape index (κ2) is 5.17. The molecular weight excluding hydrogens is 237 g/mol. The summed E-state index contributed by atoms with van der Waals surface area (Å²) in [5.41, 5.74) is 5.53. The molecule has 1 aromatic carbocycles. The molecule has 2 rings (SSSR count). The first-order valence-corrected chi connectivity index (χ1v) is 7.25. The molecule has 0 radical (unpaired) electrons. The smallest absolute Gasteiger partial charge is 0.147 e. The van der Waals surface area contributed by atoms with Gasteiger partial charge in [0.2, 0.25) is 0 Å². The highest BCUT2D eigenvalue weighted by atomic mass is 32.2. The van der Waals surface area contributed by atoms with Crippen LogP contribution in [-0.2, 0) is 10.8 Å². The zero-order chi connectivity index (χ0) is 12.4. The molecule has 0 amide bonds. The minimum Gasteiger partial charge on any atom is -0.396 e. The third kappa shape index (κ3) is 2.86. The molecule has 1 saturated carbocycles. The van der Waals surface area contributed by atoms with Crippen molar-refractivity contribution in [2.24, 2.45) is 5.92 Å². The van der Waals surface area contributed by atoms with Crippen LogP contribution < -0.4 is 5.73 Å². The Hall–Kier alpha value is -0.900. The minimum atomic E-state index is -1.10. The maximum absolute atomic E-state index is 13.3. The van der Waals surface area contributed by atoms with Gasteiger partial charge in [0.1, 0.15) is 5.82 Å². The molecular formula is C13H18FNOS. The first-order chi connectivity index (χ1) is 8.08. The fourth-order valence-electron chi connectivity index (χ4n) is 2.27. The maximum atomic E-state index is 13.3. The third-order valence-corrected chi connectivity index (χ3v) is 5.27. The lowest BCUT2D eigenvalue weighted by molar-refractivity contribution is 0.389. The van der Waals surface area contributed by atoms with Gasteiger partial charge >= 0.3 is 0 Å². The zero-order valence-corrected chi connectivity index (χ0v) is 10.8. The lowest BCUT2D eigenvalue weighted by Gasteiger charge is -2.25. The average molecular weight is 255 g/mol. The van der Waals surface area contributed by atoms with Crippen molar-refractivity contribution >= 4 is 16.5 Å². The van der Waals surface area contributed by atoms with Crippen molar-refractivity contribution in [3.05, 3.63) is 24.0 Å². The SMILES string of the molecule is CC1CCC(S(=O)c2ccc(N)c(F)c2)CC1. The van der Waals surface area contributed by atoms with Gasteiger partial charge in [-0.2, -0.15) is 0 Å². The molecule has 0 spiro atoms. The van der Waals surface area contributed by atoms with E-state index in [1.807, 2.05) is 0 Å². The second-order valence-electron chi connectivity index (χ2n) is 4.86. The van der Waals surface area contributed by atoms with Crippen molar-refractivity contribution in [3.63, 3.8) is 0 Å². The predicted octanol–water partition coefficient (Wildman–Crippen LogP) is 3.09. The van der Waals surface area contributed by atoms with Gasteiger partial charge in [-0.3, -0.25) is 4.21 Å². The number of rotatable bonds is 2. The van der Waals surface area contributed by atoms with E-state index < -0.39 is 16.6 Å². The van der Waals surface area contributed by atoms with Gasteiger partial charge in [0.15, 0.2) is 0 Å². The van der Waals surface area contributed by atoms with Crippen LogP contribution in [0.5, 0.6) is 0 Å². The third-order valence-electron chi connectivity index (χ3n) is 3.47. The van der Waals surface area contributed by atoms with Gasteiger partial charge in [0.25, 0.3) is 0 Å². The number of benzene rings is 1. The fraction of sp³-hybridized carbons (Fsp3) is 0.538. The van der Waals surface area contributed by atoms with Gasteiger partial charge in [0, 0.05) is 10.1 Å². The van der Waals surface area contributed by atoms with Crippen LogP contribution >= 0.6 is 0 Å². The summed E-state index contributed by atoms with van der Waals surface area (Å²) in [6.45, 7) is 2.22. The minimum absolute atomic E-state index is 0.114. The van der Waals surface area contributed by atoms with Gasteiger partial charge in [-0.25, -0.2) is 4.39 Å². The Bertz CT molecular complexity index is 427. The quantitative estimate of drug-likeness (QED) is 0.825. The van der Waals surface area contributed by atoms with Crippen LogP contribution in [0.15, 0.2) is 23.1 Å². The lowest BCUT2D eigenvalue weighted by Crippen LogP contribution is -2.22. The van der Waals surface area contributed by atoms with Crippen molar-refractivity contribution in [1.82, 2.24) is 0 Å². The molecule has 2 nitrogen and oxygen atoms in total.